The molecule has 48 heavy (non-hydrogen) atoms. The van der Waals surface area contributed by atoms with E-state index in [1.165, 1.54) is 30.7 Å². The molecule has 1 amide bonds. The van der Waals surface area contributed by atoms with Gasteiger partial charge in [-0.15, -0.1) is 0 Å². The van der Waals surface area contributed by atoms with E-state index in [0.29, 0.717) is 60.2 Å². The number of carbonyl (C=O) groups is 3. The van der Waals surface area contributed by atoms with Crippen LogP contribution in [-0.4, -0.2) is 87.9 Å². The Balaban J connectivity index is 1.50. The van der Waals surface area contributed by atoms with Gasteiger partial charge >= 0.3 is 0 Å². The predicted octanol–water partition coefficient (Wildman–Crippen LogP) is 4.21. The molecule has 1 aliphatic rings. The van der Waals surface area contributed by atoms with Crippen LogP contribution >= 0.6 is 0 Å². The van der Waals surface area contributed by atoms with E-state index in [-0.39, 0.29) is 40.3 Å². The predicted molar refractivity (Wildman–Crippen MR) is 180 cm³/mol. The molecule has 0 spiro atoms. The first-order valence-corrected chi connectivity index (χ1v) is 15.4. The number of hydrogen-bond donors (Lipinski definition) is 1. The van der Waals surface area contributed by atoms with Crippen LogP contribution in [0, 0.1) is 5.82 Å². The van der Waals surface area contributed by atoms with Crippen molar-refractivity contribution >= 4 is 40.6 Å². The average Bonchev–Trinajstić information content (AvgIpc) is 3.07. The Morgan fingerprint density at radius 3 is 2.58 bits per heavy atom. The number of hydrogen-bond acceptors (Lipinski definition) is 10. The molecule has 0 bridgehead atoms. The topological polar surface area (TPSA) is 140 Å². The van der Waals surface area contributed by atoms with Crippen LogP contribution in [0.4, 0.5) is 10.2 Å². The van der Waals surface area contributed by atoms with Crippen molar-refractivity contribution in [1.29, 1.82) is 0 Å². The number of rotatable bonds is 10. The number of allylic oxidation sites excluding steroid dienone is 3. The Kier molecular flexibility index (Phi) is 10.2. The molecule has 3 aromatic heterocycles. The van der Waals surface area contributed by atoms with Gasteiger partial charge in [-0.25, -0.2) is 14.4 Å². The molecule has 1 unspecified atom stereocenters. The molecule has 248 valence electrons. The number of fused-ring (bicyclic) bond motifs is 1. The van der Waals surface area contributed by atoms with Crippen molar-refractivity contribution in [3.63, 3.8) is 0 Å². The van der Waals surface area contributed by atoms with Crippen LogP contribution in [-0.2, 0) is 9.53 Å². The minimum Gasteiger partial charge on any atom is -0.383 e. The Labute approximate surface area is 276 Å². The van der Waals surface area contributed by atoms with E-state index < -0.39 is 11.4 Å². The summed E-state index contributed by atoms with van der Waals surface area (Å²) in [6, 6.07) is 7.76. The molecule has 1 atom stereocenters. The maximum Gasteiger partial charge on any atom is 0.283 e. The normalized spacial score (nSPS) is 15.5. The maximum atomic E-state index is 15.2. The molecular formula is C35H36FN7O5. The summed E-state index contributed by atoms with van der Waals surface area (Å²) in [5.41, 5.74) is 1.19. The summed E-state index contributed by atoms with van der Waals surface area (Å²) >= 11 is 0. The van der Waals surface area contributed by atoms with Gasteiger partial charge in [-0.2, -0.15) is 9.78 Å². The molecule has 1 N–H and O–H groups in total. The summed E-state index contributed by atoms with van der Waals surface area (Å²) in [5, 5.41) is 7.35. The van der Waals surface area contributed by atoms with Gasteiger partial charge in [-0.05, 0) is 60.4 Å². The number of morpholine rings is 1. The zero-order valence-electron chi connectivity index (χ0n) is 27.3. The highest BCUT2D eigenvalue weighted by atomic mass is 19.1. The minimum absolute atomic E-state index is 0.00131. The molecular weight excluding hydrogens is 617 g/mol. The SMILES string of the molecule is CC(C)c1cc(F)c2c(=O)n(-c3nccc(C(/C=C(\C=O)Nc4ccc(C(=O)N5CCOCC5C)cn4)=C/N(C)C)c3C=O)ncc2c1. The number of anilines is 1. The van der Waals surface area contributed by atoms with Crippen molar-refractivity contribution in [1.82, 2.24) is 29.5 Å². The third-order valence-electron chi connectivity index (χ3n) is 7.87. The second-order valence-corrected chi connectivity index (χ2v) is 11.9. The third kappa shape index (κ3) is 7.05. The van der Waals surface area contributed by atoms with E-state index in [2.05, 4.69) is 20.4 Å². The van der Waals surface area contributed by atoms with Gasteiger partial charge in [-0.1, -0.05) is 13.8 Å². The van der Waals surface area contributed by atoms with Gasteiger partial charge in [-0.3, -0.25) is 19.2 Å². The Morgan fingerprint density at radius 2 is 1.94 bits per heavy atom. The highest BCUT2D eigenvalue weighted by Gasteiger charge is 2.25. The molecule has 0 saturated carbocycles. The van der Waals surface area contributed by atoms with Crippen LogP contribution < -0.4 is 10.9 Å². The number of halogens is 1. The van der Waals surface area contributed by atoms with Crippen LogP contribution in [0.25, 0.3) is 22.2 Å². The molecule has 1 saturated heterocycles. The van der Waals surface area contributed by atoms with E-state index in [4.69, 9.17) is 4.74 Å². The molecule has 4 aromatic rings. The van der Waals surface area contributed by atoms with Crippen LogP contribution in [0.3, 0.4) is 0 Å². The van der Waals surface area contributed by atoms with Crippen LogP contribution in [0.15, 0.2) is 71.7 Å². The zero-order valence-corrected chi connectivity index (χ0v) is 27.3. The van der Waals surface area contributed by atoms with Crippen molar-refractivity contribution in [3.05, 3.63) is 105 Å². The fraction of sp³-hybridized carbons (Fsp3) is 0.286. The average molecular weight is 654 g/mol. The highest BCUT2D eigenvalue weighted by molar-refractivity contribution is 5.95. The molecule has 1 aliphatic heterocycles. The first-order valence-electron chi connectivity index (χ1n) is 15.4. The Morgan fingerprint density at radius 1 is 1.15 bits per heavy atom. The van der Waals surface area contributed by atoms with Gasteiger partial charge in [0.2, 0.25) is 0 Å². The van der Waals surface area contributed by atoms with E-state index >= 15 is 4.39 Å². The molecule has 4 heterocycles. The largest absolute Gasteiger partial charge is 0.383 e. The second kappa shape index (κ2) is 14.5. The van der Waals surface area contributed by atoms with Gasteiger partial charge in [0.15, 0.2) is 18.4 Å². The summed E-state index contributed by atoms with van der Waals surface area (Å²) < 4.78 is 21.5. The van der Waals surface area contributed by atoms with Crippen LogP contribution in [0.1, 0.15) is 58.5 Å². The zero-order chi connectivity index (χ0) is 34.5. The summed E-state index contributed by atoms with van der Waals surface area (Å²) in [6.45, 7) is 7.18. The number of aromatic nitrogens is 4. The number of amides is 1. The Bertz CT molecular complexity index is 1990. The minimum atomic E-state index is -0.770. The molecule has 12 nitrogen and oxygen atoms in total. The van der Waals surface area contributed by atoms with Gasteiger partial charge in [0.1, 0.15) is 11.6 Å². The summed E-state index contributed by atoms with van der Waals surface area (Å²) in [4.78, 5) is 63.4. The number of nitrogens with one attached hydrogen (secondary N) is 1. The molecule has 13 heteroatoms. The van der Waals surface area contributed by atoms with Gasteiger partial charge in [0.05, 0.1) is 47.7 Å². The lowest BCUT2D eigenvalue weighted by atomic mass is 10.00. The molecule has 1 aromatic carbocycles. The monoisotopic (exact) mass is 653 g/mol. The second-order valence-electron chi connectivity index (χ2n) is 11.9. The van der Waals surface area contributed by atoms with Gasteiger partial charge < -0.3 is 19.9 Å². The maximum absolute atomic E-state index is 15.2. The summed E-state index contributed by atoms with van der Waals surface area (Å²) in [6.07, 6.45) is 8.52. The standard InChI is InChI=1S/C35H36FN7O5/c1-21(2)24-12-25-16-39-43(35(47)32(25)30(36)14-24)33-29(19-45)28(8-9-37-33)26(17-41(4)5)13-27(18-44)40-31-7-6-23(15-38-31)34(46)42-10-11-48-20-22(42)3/h6-9,12-19,21-22H,10-11,20H2,1-5H3,(H,38,40)/b26-17+,27-13+. The lowest BCUT2D eigenvalue weighted by molar-refractivity contribution is -0.104. The van der Waals surface area contributed by atoms with E-state index in [1.807, 2.05) is 20.8 Å². The van der Waals surface area contributed by atoms with Crippen molar-refractivity contribution in [3.8, 4) is 5.82 Å². The van der Waals surface area contributed by atoms with Crippen LogP contribution in [0.2, 0.25) is 0 Å². The van der Waals surface area contributed by atoms with Crippen molar-refractivity contribution in [2.24, 2.45) is 0 Å². The number of aldehydes is 2. The highest BCUT2D eigenvalue weighted by Crippen LogP contribution is 2.26. The summed E-state index contributed by atoms with van der Waals surface area (Å²) in [5.74, 6) is -0.608. The quantitative estimate of drug-likeness (QED) is 0.150. The van der Waals surface area contributed by atoms with E-state index in [1.54, 1.807) is 54.4 Å². The fourth-order valence-corrected chi connectivity index (χ4v) is 5.41. The number of benzene rings is 1. The number of ether oxygens (including phenoxy) is 1. The molecule has 0 radical (unpaired) electrons. The first-order chi connectivity index (χ1) is 23.0. The lowest BCUT2D eigenvalue weighted by Gasteiger charge is -2.33. The third-order valence-corrected chi connectivity index (χ3v) is 7.87. The van der Waals surface area contributed by atoms with Crippen molar-refractivity contribution in [2.75, 3.05) is 39.2 Å². The Hall–Kier alpha value is -5.56. The number of pyridine rings is 2. The van der Waals surface area contributed by atoms with Crippen molar-refractivity contribution in [2.45, 2.75) is 32.7 Å². The molecule has 1 fully saturated rings. The van der Waals surface area contributed by atoms with Gasteiger partial charge in [0.25, 0.3) is 11.5 Å². The molecule has 5 rings (SSSR count). The summed E-state index contributed by atoms with van der Waals surface area (Å²) in [7, 11) is 3.53. The number of carbonyl (C=O) groups excluding carboxylic acids is 3. The fourth-order valence-electron chi connectivity index (χ4n) is 5.41. The lowest BCUT2D eigenvalue weighted by Crippen LogP contribution is -2.47. The first kappa shape index (κ1) is 33.8. The van der Waals surface area contributed by atoms with E-state index in [9.17, 15) is 19.2 Å². The van der Waals surface area contributed by atoms with Gasteiger partial charge in [0, 0.05) is 50.2 Å². The van der Waals surface area contributed by atoms with Crippen LogP contribution in [0.5, 0.6) is 0 Å². The van der Waals surface area contributed by atoms with E-state index in [0.717, 1.165) is 10.2 Å². The van der Waals surface area contributed by atoms with Crippen molar-refractivity contribution < 1.29 is 23.5 Å². The number of nitrogens with zero attached hydrogens (tertiary/aromatic N) is 6. The molecule has 0 aliphatic carbocycles. The smallest absolute Gasteiger partial charge is 0.283 e.